The van der Waals surface area contributed by atoms with E-state index < -0.39 is 11.5 Å². The zero-order chi connectivity index (χ0) is 23.6. The number of ketones is 2. The Morgan fingerprint density at radius 2 is 1.82 bits per heavy atom. The van der Waals surface area contributed by atoms with Crippen LogP contribution in [0.2, 0.25) is 0 Å². The summed E-state index contributed by atoms with van der Waals surface area (Å²) in [6.07, 6.45) is 6.38. The minimum Gasteiger partial charge on any atom is -0.497 e. The fraction of sp³-hybridized carbons (Fsp3) is 0.333. The monoisotopic (exact) mass is 448 g/mol. The third-order valence-electron chi connectivity index (χ3n) is 6.56. The van der Waals surface area contributed by atoms with Crippen LogP contribution < -0.4 is 14.2 Å². The van der Waals surface area contributed by atoms with E-state index >= 15 is 0 Å². The molecule has 2 aromatic rings. The van der Waals surface area contributed by atoms with Crippen molar-refractivity contribution < 1.29 is 28.5 Å². The van der Waals surface area contributed by atoms with Crippen molar-refractivity contribution in [3.8, 4) is 17.2 Å². The minimum absolute atomic E-state index is 0.102. The van der Waals surface area contributed by atoms with Crippen LogP contribution in [0.15, 0.2) is 66.5 Å². The van der Waals surface area contributed by atoms with Crippen molar-refractivity contribution in [3.63, 3.8) is 0 Å². The van der Waals surface area contributed by atoms with Crippen molar-refractivity contribution in [1.82, 2.24) is 0 Å². The van der Waals surface area contributed by atoms with Crippen molar-refractivity contribution >= 4 is 11.6 Å². The number of rotatable bonds is 6. The predicted octanol–water partition coefficient (Wildman–Crippen LogP) is 4.89. The molecule has 0 fully saturated rings. The van der Waals surface area contributed by atoms with Gasteiger partial charge in [-0.1, -0.05) is 36.4 Å². The van der Waals surface area contributed by atoms with Gasteiger partial charge >= 0.3 is 0 Å². The average Bonchev–Trinajstić information content (AvgIpc) is 2.98. The number of methoxy groups -OCH3 is 3. The van der Waals surface area contributed by atoms with Crippen LogP contribution in [-0.4, -0.2) is 38.5 Å². The first-order valence-electron chi connectivity index (χ1n) is 10.9. The predicted molar refractivity (Wildman–Crippen MR) is 124 cm³/mol. The number of benzene rings is 2. The van der Waals surface area contributed by atoms with E-state index in [-0.39, 0.29) is 23.9 Å². The summed E-state index contributed by atoms with van der Waals surface area (Å²) >= 11 is 0. The molecule has 2 aliphatic rings. The second-order valence-corrected chi connectivity index (χ2v) is 8.26. The van der Waals surface area contributed by atoms with Gasteiger partial charge in [-0.25, -0.2) is 0 Å². The molecule has 3 atom stereocenters. The van der Waals surface area contributed by atoms with Gasteiger partial charge < -0.3 is 18.9 Å². The number of carbonyl (C=O) groups excluding carboxylic acids is 2. The van der Waals surface area contributed by atoms with Gasteiger partial charge in [-0.15, -0.1) is 0 Å². The molecule has 172 valence electrons. The SMILES string of the molecule is COC1=CCC([C@]2(C(C)=O)Oc3cc(OC)cc(OC)c3C(=O)C[C@H]2c2ccccc2)C=C1. The van der Waals surface area contributed by atoms with Crippen LogP contribution >= 0.6 is 0 Å². The molecule has 1 aliphatic heterocycles. The van der Waals surface area contributed by atoms with Gasteiger partial charge in [-0.2, -0.15) is 0 Å². The Labute approximate surface area is 193 Å². The molecule has 0 saturated heterocycles. The maximum Gasteiger partial charge on any atom is 0.180 e. The van der Waals surface area contributed by atoms with Gasteiger partial charge in [0.1, 0.15) is 28.6 Å². The van der Waals surface area contributed by atoms with Crippen LogP contribution in [0.3, 0.4) is 0 Å². The highest BCUT2D eigenvalue weighted by atomic mass is 16.5. The highest BCUT2D eigenvalue weighted by molar-refractivity contribution is 6.04. The van der Waals surface area contributed by atoms with Crippen LogP contribution in [0.4, 0.5) is 0 Å². The smallest absolute Gasteiger partial charge is 0.180 e. The molecule has 1 unspecified atom stereocenters. The van der Waals surface area contributed by atoms with E-state index in [9.17, 15) is 9.59 Å². The van der Waals surface area contributed by atoms with Gasteiger partial charge in [0.2, 0.25) is 0 Å². The second kappa shape index (κ2) is 9.14. The molecule has 6 heteroatoms. The Morgan fingerprint density at radius 3 is 2.39 bits per heavy atom. The minimum atomic E-state index is -1.31. The number of carbonyl (C=O) groups is 2. The topological polar surface area (TPSA) is 71.1 Å². The molecule has 0 aromatic heterocycles. The molecule has 0 bridgehead atoms. The van der Waals surface area contributed by atoms with Crippen LogP contribution in [-0.2, 0) is 9.53 Å². The molecular formula is C27H28O6. The van der Waals surface area contributed by atoms with E-state index in [2.05, 4.69) is 0 Å². The Bertz CT molecular complexity index is 1120. The van der Waals surface area contributed by atoms with Crippen molar-refractivity contribution in [3.05, 3.63) is 77.6 Å². The van der Waals surface area contributed by atoms with Crippen molar-refractivity contribution in [1.29, 1.82) is 0 Å². The van der Waals surface area contributed by atoms with E-state index in [4.69, 9.17) is 18.9 Å². The van der Waals surface area contributed by atoms with Gasteiger partial charge in [0.15, 0.2) is 17.2 Å². The van der Waals surface area contributed by atoms with Crippen molar-refractivity contribution in [2.75, 3.05) is 21.3 Å². The highest BCUT2D eigenvalue weighted by Crippen LogP contribution is 2.50. The summed E-state index contributed by atoms with van der Waals surface area (Å²) in [5.74, 6) is 0.761. The third-order valence-corrected chi connectivity index (χ3v) is 6.56. The van der Waals surface area contributed by atoms with Crippen molar-refractivity contribution in [2.45, 2.75) is 31.3 Å². The summed E-state index contributed by atoms with van der Waals surface area (Å²) in [6.45, 7) is 1.53. The molecule has 0 spiro atoms. The zero-order valence-electron chi connectivity index (χ0n) is 19.3. The van der Waals surface area contributed by atoms with E-state index in [1.165, 1.54) is 21.1 Å². The Hall–Kier alpha value is -3.54. The van der Waals surface area contributed by atoms with E-state index in [1.54, 1.807) is 19.2 Å². The molecule has 1 aliphatic carbocycles. The molecule has 0 saturated carbocycles. The molecule has 0 radical (unpaired) electrons. The lowest BCUT2D eigenvalue weighted by atomic mass is 9.67. The molecular weight excluding hydrogens is 420 g/mol. The number of hydrogen-bond acceptors (Lipinski definition) is 6. The first-order chi connectivity index (χ1) is 15.9. The van der Waals surface area contributed by atoms with Crippen LogP contribution in [0, 0.1) is 5.92 Å². The third kappa shape index (κ3) is 3.90. The Morgan fingerprint density at radius 1 is 1.06 bits per heavy atom. The molecule has 0 amide bonds. The summed E-state index contributed by atoms with van der Waals surface area (Å²) in [5.41, 5.74) is -0.115. The Kier molecular flexibility index (Phi) is 6.27. The fourth-order valence-electron chi connectivity index (χ4n) is 4.93. The molecule has 0 N–H and O–H groups in total. The number of hydrogen-bond donors (Lipinski definition) is 0. The van der Waals surface area contributed by atoms with Gasteiger partial charge in [0, 0.05) is 30.4 Å². The van der Waals surface area contributed by atoms with Crippen molar-refractivity contribution in [2.24, 2.45) is 5.92 Å². The standard InChI is InChI=1S/C27H28O6/c1-17(28)27(19-10-12-20(30-2)13-11-19)22(18-8-6-5-7-9-18)16-23(29)26-24(32-4)14-21(31-3)15-25(26)33-27/h5-10,12-15,19,22H,11,16H2,1-4H3/t19?,22-,27-/m0/s1. The maximum absolute atomic E-state index is 13.6. The van der Waals surface area contributed by atoms with Gasteiger partial charge in [0.25, 0.3) is 0 Å². The van der Waals surface area contributed by atoms with E-state index in [1.807, 2.05) is 48.6 Å². The largest absolute Gasteiger partial charge is 0.497 e. The summed E-state index contributed by atoms with van der Waals surface area (Å²) in [4.78, 5) is 27.1. The zero-order valence-corrected chi connectivity index (χ0v) is 19.3. The second-order valence-electron chi connectivity index (χ2n) is 8.26. The number of allylic oxidation sites excluding steroid dienone is 2. The molecule has 1 heterocycles. The lowest BCUT2D eigenvalue weighted by Gasteiger charge is -2.43. The van der Waals surface area contributed by atoms with E-state index in [0.717, 1.165) is 11.3 Å². The first-order valence-corrected chi connectivity index (χ1v) is 10.9. The Balaban J connectivity index is 1.96. The molecule has 2 aromatic carbocycles. The lowest BCUT2D eigenvalue weighted by Crippen LogP contribution is -2.54. The van der Waals surface area contributed by atoms with Crippen LogP contribution in [0.1, 0.15) is 41.6 Å². The van der Waals surface area contributed by atoms with Crippen LogP contribution in [0.25, 0.3) is 0 Å². The average molecular weight is 449 g/mol. The number of Topliss-reactive ketones (excluding diaryl/α,β-unsaturated/α-hetero) is 2. The van der Waals surface area contributed by atoms with E-state index in [0.29, 0.717) is 29.2 Å². The molecule has 33 heavy (non-hydrogen) atoms. The maximum atomic E-state index is 13.6. The summed E-state index contributed by atoms with van der Waals surface area (Å²) < 4.78 is 23.0. The summed E-state index contributed by atoms with van der Waals surface area (Å²) in [7, 11) is 4.65. The quantitative estimate of drug-likeness (QED) is 0.627. The van der Waals surface area contributed by atoms with Gasteiger partial charge in [-0.05, 0) is 31.1 Å². The number of fused-ring (bicyclic) bond motifs is 1. The molecule has 4 rings (SSSR count). The van der Waals surface area contributed by atoms with Gasteiger partial charge in [0.05, 0.1) is 21.3 Å². The fourth-order valence-corrected chi connectivity index (χ4v) is 4.93. The van der Waals surface area contributed by atoms with Crippen LogP contribution in [0.5, 0.6) is 17.2 Å². The molecule has 6 nitrogen and oxygen atoms in total. The summed E-state index contributed by atoms with van der Waals surface area (Å²) in [6, 6.07) is 12.9. The summed E-state index contributed by atoms with van der Waals surface area (Å²) in [5, 5.41) is 0. The lowest BCUT2D eigenvalue weighted by molar-refractivity contribution is -0.138. The first kappa shape index (κ1) is 22.6. The normalized spacial score (nSPS) is 24.1. The highest BCUT2D eigenvalue weighted by Gasteiger charge is 2.54. The van der Waals surface area contributed by atoms with Gasteiger partial charge in [-0.3, -0.25) is 9.59 Å². The number of ether oxygens (including phenoxy) is 4.